The van der Waals surface area contributed by atoms with Crippen molar-refractivity contribution < 1.29 is 54.6 Å². The fourth-order valence-electron chi connectivity index (χ4n) is 2.39. The lowest BCUT2D eigenvalue weighted by Gasteiger charge is -2.06. The van der Waals surface area contributed by atoms with E-state index in [9.17, 15) is 24.0 Å². The molecule has 0 unspecified atom stereocenters. The summed E-state index contributed by atoms with van der Waals surface area (Å²) < 4.78 is 0. The normalized spacial score (nSPS) is 15.4. The molecule has 1 aliphatic rings. The Morgan fingerprint density at radius 1 is 0.778 bits per heavy atom. The van der Waals surface area contributed by atoms with Gasteiger partial charge in [-0.3, -0.25) is 34.0 Å². The third kappa shape index (κ3) is 37.6. The van der Waals surface area contributed by atoms with Gasteiger partial charge in [0, 0.05) is 13.1 Å². The summed E-state index contributed by atoms with van der Waals surface area (Å²) in [6.45, 7) is 2.75. The number of aliphatic imine (C=N–C) groups is 2. The molecular weight excluding hydrogens is 606 g/mol. The van der Waals surface area contributed by atoms with E-state index in [4.69, 9.17) is 70.8 Å². The maximum absolute atomic E-state index is 10.2. The maximum Gasteiger partial charge on any atom is 0.323 e. The summed E-state index contributed by atoms with van der Waals surface area (Å²) in [6, 6.07) is -3.07. The van der Waals surface area contributed by atoms with Crippen LogP contribution in [0.5, 0.6) is 0 Å². The Kier molecular flexibility index (Phi) is 31.4. The Bertz CT molecular complexity index is 855. The van der Waals surface area contributed by atoms with E-state index in [-0.39, 0.29) is 24.5 Å². The first kappa shape index (κ1) is 47.6. The second-order valence-electron chi connectivity index (χ2n) is 8.98. The van der Waals surface area contributed by atoms with Crippen molar-refractivity contribution in [1.29, 1.82) is 0 Å². The first-order chi connectivity index (χ1) is 20.7. The van der Waals surface area contributed by atoms with Gasteiger partial charge in [-0.2, -0.15) is 0 Å². The minimum atomic E-state index is -1.18. The van der Waals surface area contributed by atoms with Crippen LogP contribution in [0.15, 0.2) is 9.98 Å². The predicted octanol–water partition coefficient (Wildman–Crippen LogP) is -5.46. The van der Waals surface area contributed by atoms with Crippen LogP contribution in [0.25, 0.3) is 0 Å². The van der Waals surface area contributed by atoms with E-state index < -0.39 is 54.1 Å². The highest BCUT2D eigenvalue weighted by molar-refractivity contribution is 5.76. The van der Waals surface area contributed by atoms with Crippen molar-refractivity contribution in [3.8, 4) is 0 Å². The van der Waals surface area contributed by atoms with E-state index in [0.29, 0.717) is 38.8 Å². The zero-order valence-electron chi connectivity index (χ0n) is 25.2. The van der Waals surface area contributed by atoms with Gasteiger partial charge in [0.15, 0.2) is 11.9 Å². The molecule has 1 saturated heterocycles. The van der Waals surface area contributed by atoms with Crippen LogP contribution in [-0.2, 0) is 24.0 Å². The van der Waals surface area contributed by atoms with Crippen LogP contribution in [0.2, 0.25) is 0 Å². The number of nitrogens with zero attached hydrogens (tertiary/aromatic N) is 2. The molecule has 1 rings (SSSR count). The fraction of sp³-hybridized carbons (Fsp3) is 0.696. The number of rotatable bonds is 14. The number of aliphatic hydroxyl groups excluding tert-OH is 1. The number of hydrogen-bond acceptors (Lipinski definition) is 13. The maximum atomic E-state index is 10.2. The van der Waals surface area contributed by atoms with Gasteiger partial charge in [0.2, 0.25) is 0 Å². The van der Waals surface area contributed by atoms with Gasteiger partial charge in [-0.25, -0.2) is 0 Å². The number of carboxylic acids is 5. The number of carboxylic acid groups (broad SMARTS) is 5. The van der Waals surface area contributed by atoms with E-state index in [2.05, 4.69) is 21.0 Å². The van der Waals surface area contributed by atoms with Gasteiger partial charge in [-0.05, 0) is 52.0 Å². The van der Waals surface area contributed by atoms with Gasteiger partial charge in [-0.15, -0.1) is 0 Å². The standard InChI is InChI=1S/2C6H14N4O2.C5H9NO2.C4H9NO3.C2H5NO2/c2*7-4(5(11)12)2-1-3-10-6(8)9;7-5(8)4-2-1-3-6-4;1-2(6)3(5)4(7)8;3-1-2(4)5/h2*4H,1-3,7H2,(H,11,12)(H4,8,9,10);4,6H,1-3H2,(H,7,8);2-3,6H,5H2,1H3,(H,7,8);1,3H2,(H,4,5)/t3*4-;2-,3+;/m0001./s1. The highest BCUT2D eigenvalue weighted by atomic mass is 16.4. The fourth-order valence-corrected chi connectivity index (χ4v) is 2.39. The number of guanidine groups is 2. The van der Waals surface area contributed by atoms with E-state index in [1.807, 2.05) is 0 Å². The molecule has 1 heterocycles. The predicted molar refractivity (Wildman–Crippen MR) is 164 cm³/mol. The summed E-state index contributed by atoms with van der Waals surface area (Å²) in [5.74, 6) is -4.84. The Balaban J connectivity index is -0.000000240. The third-order valence-corrected chi connectivity index (χ3v) is 4.91. The van der Waals surface area contributed by atoms with Crippen molar-refractivity contribution in [2.45, 2.75) is 75.7 Å². The monoisotopic (exact) mass is 657 g/mol. The molecule has 0 aromatic rings. The molecule has 0 aliphatic carbocycles. The van der Waals surface area contributed by atoms with Gasteiger partial charge < -0.3 is 81.8 Å². The Labute approximate surface area is 259 Å². The number of carbonyl (C=O) groups is 5. The second kappa shape index (κ2) is 29.7. The summed E-state index contributed by atoms with van der Waals surface area (Å²) in [7, 11) is 0. The van der Waals surface area contributed by atoms with Gasteiger partial charge in [0.1, 0.15) is 24.2 Å². The molecule has 1 fully saturated rings. The van der Waals surface area contributed by atoms with Crippen molar-refractivity contribution in [2.24, 2.45) is 55.9 Å². The topological polar surface area (TPSA) is 452 Å². The molecule has 0 aromatic heterocycles. The van der Waals surface area contributed by atoms with Gasteiger partial charge in [-0.1, -0.05) is 0 Å². The van der Waals surface area contributed by atoms with Crippen LogP contribution in [0.3, 0.4) is 0 Å². The smallest absolute Gasteiger partial charge is 0.323 e. The van der Waals surface area contributed by atoms with Crippen molar-refractivity contribution in [3.63, 3.8) is 0 Å². The van der Waals surface area contributed by atoms with Crippen LogP contribution in [-0.4, -0.2) is 129 Å². The summed E-state index contributed by atoms with van der Waals surface area (Å²) >= 11 is 0. The van der Waals surface area contributed by atoms with Crippen LogP contribution in [0, 0.1) is 0 Å². The van der Waals surface area contributed by atoms with Crippen LogP contribution >= 0.6 is 0 Å². The number of aliphatic hydroxyl groups is 1. The molecule has 0 saturated carbocycles. The SMILES string of the molecule is C[C@@H](O)[C@H](N)C(=O)O.NC(N)=NCCC[C@H](N)C(=O)O.NC(N)=NCCC[C@H](N)C(=O)O.NCC(=O)O.O=C(O)[C@@H]1CCCN1. The Morgan fingerprint density at radius 3 is 1.31 bits per heavy atom. The zero-order chi connectivity index (χ0) is 36.1. The second-order valence-corrected chi connectivity index (χ2v) is 8.98. The summed E-state index contributed by atoms with van der Waals surface area (Å²) in [6.07, 6.45) is 2.72. The molecule has 0 spiro atoms. The zero-order valence-corrected chi connectivity index (χ0v) is 25.2. The van der Waals surface area contributed by atoms with Crippen LogP contribution in [0.1, 0.15) is 45.4 Å². The Morgan fingerprint density at radius 2 is 1.16 bits per heavy atom. The molecule has 0 amide bonds. The highest BCUT2D eigenvalue weighted by Gasteiger charge is 2.20. The first-order valence-electron chi connectivity index (χ1n) is 13.3. The summed E-state index contributed by atoms with van der Waals surface area (Å²) in [5.41, 5.74) is 40.1. The molecule has 5 atom stereocenters. The minimum Gasteiger partial charge on any atom is -0.480 e. The van der Waals surface area contributed by atoms with E-state index in [1.165, 1.54) is 6.92 Å². The van der Waals surface area contributed by atoms with Crippen molar-refractivity contribution in [2.75, 3.05) is 26.2 Å². The average molecular weight is 658 g/mol. The van der Waals surface area contributed by atoms with E-state index >= 15 is 0 Å². The largest absolute Gasteiger partial charge is 0.480 e. The summed E-state index contributed by atoms with van der Waals surface area (Å²) in [4.78, 5) is 57.0. The molecule has 0 aromatic carbocycles. The van der Waals surface area contributed by atoms with E-state index in [1.54, 1.807) is 0 Å². The first-order valence-corrected chi connectivity index (χ1v) is 13.3. The number of nitrogens with two attached hydrogens (primary N) is 8. The van der Waals surface area contributed by atoms with Gasteiger partial charge in [0.25, 0.3) is 0 Å². The minimum absolute atomic E-state index is 0.0129. The van der Waals surface area contributed by atoms with Crippen molar-refractivity contribution in [3.05, 3.63) is 0 Å². The molecule has 23 N–H and O–H groups in total. The quantitative estimate of drug-likeness (QED) is 0.0470. The lowest BCUT2D eigenvalue weighted by Crippen LogP contribution is -2.39. The molecular formula is C23H51N11O11. The highest BCUT2D eigenvalue weighted by Crippen LogP contribution is 2.03. The van der Waals surface area contributed by atoms with Gasteiger partial charge >= 0.3 is 29.8 Å². The molecule has 1 aliphatic heterocycles. The Hall–Kier alpha value is -4.35. The van der Waals surface area contributed by atoms with Crippen molar-refractivity contribution in [1.82, 2.24) is 5.32 Å². The molecule has 0 bridgehead atoms. The molecule has 45 heavy (non-hydrogen) atoms. The molecule has 264 valence electrons. The molecule has 0 radical (unpaired) electrons. The number of aliphatic carboxylic acids is 5. The summed E-state index contributed by atoms with van der Waals surface area (Å²) in [5, 5.41) is 52.1. The van der Waals surface area contributed by atoms with Gasteiger partial charge in [0.05, 0.1) is 12.6 Å². The average Bonchev–Trinajstić information content (AvgIpc) is 3.49. The van der Waals surface area contributed by atoms with E-state index in [0.717, 1.165) is 19.4 Å². The molecule has 22 heteroatoms. The van der Waals surface area contributed by atoms with Crippen molar-refractivity contribution >= 4 is 41.8 Å². The van der Waals surface area contributed by atoms with Crippen LogP contribution < -0.4 is 51.2 Å². The number of hydrogen-bond donors (Lipinski definition) is 15. The van der Waals surface area contributed by atoms with Crippen LogP contribution in [0.4, 0.5) is 0 Å². The number of nitrogens with one attached hydrogen (secondary N) is 1. The lowest BCUT2D eigenvalue weighted by atomic mass is 10.2. The lowest BCUT2D eigenvalue weighted by molar-refractivity contribution is -0.141. The molecule has 22 nitrogen and oxygen atoms in total. The third-order valence-electron chi connectivity index (χ3n) is 4.91.